The summed E-state index contributed by atoms with van der Waals surface area (Å²) in [5.74, 6) is 0.591. The fourth-order valence-corrected chi connectivity index (χ4v) is 2.83. The lowest BCUT2D eigenvalue weighted by Gasteiger charge is -2.11. The maximum atomic E-state index is 12.1. The third kappa shape index (κ3) is 2.30. The van der Waals surface area contributed by atoms with E-state index < -0.39 is 0 Å². The van der Waals surface area contributed by atoms with Crippen LogP contribution in [0.4, 0.5) is 5.95 Å². The second-order valence-electron chi connectivity index (χ2n) is 3.94. The van der Waals surface area contributed by atoms with Crippen molar-refractivity contribution in [1.29, 1.82) is 0 Å². The van der Waals surface area contributed by atoms with Crippen molar-refractivity contribution in [2.24, 2.45) is 7.05 Å². The Kier molecular flexibility index (Phi) is 3.39. The van der Waals surface area contributed by atoms with Gasteiger partial charge in [0.15, 0.2) is 14.7 Å². The molecule has 2 heterocycles. The largest absolute Gasteiger partial charge is 0.353 e. The third-order valence-corrected chi connectivity index (χ3v) is 4.15. The number of thiazole rings is 1. The number of hydrogen-bond donors (Lipinski definition) is 1. The van der Waals surface area contributed by atoms with E-state index in [2.05, 4.69) is 15.3 Å². The predicted octanol–water partition coefficient (Wildman–Crippen LogP) is 1.93. The van der Waals surface area contributed by atoms with Crippen LogP contribution in [0.5, 0.6) is 0 Å². The lowest BCUT2D eigenvalue weighted by molar-refractivity contribution is 0.796. The number of nitrogens with zero attached hydrogens (tertiary/aromatic N) is 3. The van der Waals surface area contributed by atoms with Crippen LogP contribution in [0.25, 0.3) is 10.3 Å². The topological polar surface area (TPSA) is 59.8 Å². The van der Waals surface area contributed by atoms with Gasteiger partial charge in [0.1, 0.15) is 0 Å². The normalized spacial score (nSPS) is 11.4. The van der Waals surface area contributed by atoms with Gasteiger partial charge >= 0.3 is 0 Å². The lowest BCUT2D eigenvalue weighted by Crippen LogP contribution is -2.24. The van der Waals surface area contributed by atoms with E-state index >= 15 is 0 Å². The molecule has 2 aromatic rings. The molecule has 5 nitrogen and oxygen atoms in total. The first-order chi connectivity index (χ1) is 8.02. The molecular formula is C10H14N4OS2. The molecule has 1 N–H and O–H groups in total. The van der Waals surface area contributed by atoms with Crippen molar-refractivity contribution in [2.45, 2.75) is 24.2 Å². The van der Waals surface area contributed by atoms with Gasteiger partial charge in [0.2, 0.25) is 5.95 Å². The molecular weight excluding hydrogens is 256 g/mol. The molecule has 0 aromatic carbocycles. The van der Waals surface area contributed by atoms with Crippen LogP contribution in [0.3, 0.4) is 0 Å². The summed E-state index contributed by atoms with van der Waals surface area (Å²) in [5, 5.41) is 3.16. The van der Waals surface area contributed by atoms with E-state index in [-0.39, 0.29) is 11.6 Å². The second-order valence-corrected chi connectivity index (χ2v) is 5.97. The molecule has 0 unspecified atom stereocenters. The van der Waals surface area contributed by atoms with Gasteiger partial charge in [0.05, 0.1) is 0 Å². The summed E-state index contributed by atoms with van der Waals surface area (Å²) in [6.07, 6.45) is 1.94. The Morgan fingerprint density at radius 3 is 2.71 bits per heavy atom. The van der Waals surface area contributed by atoms with E-state index in [0.717, 1.165) is 4.34 Å². The SMILES string of the molecule is CSc1nc2c(=O)n(C)c(NC(C)C)nc2s1. The molecule has 0 amide bonds. The average Bonchev–Trinajstić information content (AvgIpc) is 2.68. The van der Waals surface area contributed by atoms with Gasteiger partial charge < -0.3 is 5.32 Å². The molecule has 2 aromatic heterocycles. The number of anilines is 1. The highest BCUT2D eigenvalue weighted by Crippen LogP contribution is 2.25. The fraction of sp³-hybridized carbons (Fsp3) is 0.500. The van der Waals surface area contributed by atoms with E-state index in [4.69, 9.17) is 0 Å². The number of fused-ring (bicyclic) bond motifs is 1. The van der Waals surface area contributed by atoms with Crippen LogP contribution in [0.15, 0.2) is 9.13 Å². The quantitative estimate of drug-likeness (QED) is 0.864. The number of nitrogens with one attached hydrogen (secondary N) is 1. The Morgan fingerprint density at radius 2 is 2.12 bits per heavy atom. The highest BCUT2D eigenvalue weighted by atomic mass is 32.2. The van der Waals surface area contributed by atoms with E-state index in [9.17, 15) is 4.79 Å². The van der Waals surface area contributed by atoms with Crippen molar-refractivity contribution in [3.63, 3.8) is 0 Å². The zero-order valence-electron chi connectivity index (χ0n) is 10.1. The van der Waals surface area contributed by atoms with Crippen LogP contribution in [0.2, 0.25) is 0 Å². The van der Waals surface area contributed by atoms with E-state index in [1.165, 1.54) is 27.7 Å². The number of hydrogen-bond acceptors (Lipinski definition) is 6. The van der Waals surface area contributed by atoms with Crippen molar-refractivity contribution >= 4 is 39.4 Å². The highest BCUT2D eigenvalue weighted by molar-refractivity contribution is 8.00. The molecule has 0 spiro atoms. The minimum absolute atomic E-state index is 0.102. The third-order valence-electron chi connectivity index (χ3n) is 2.21. The number of rotatable bonds is 3. The van der Waals surface area contributed by atoms with Crippen molar-refractivity contribution in [3.8, 4) is 0 Å². The lowest BCUT2D eigenvalue weighted by atomic mass is 10.4. The van der Waals surface area contributed by atoms with E-state index in [1.807, 2.05) is 20.1 Å². The molecule has 2 rings (SSSR count). The summed E-state index contributed by atoms with van der Waals surface area (Å²) in [6.45, 7) is 4.02. The molecule has 0 saturated carbocycles. The molecule has 0 atom stereocenters. The van der Waals surface area contributed by atoms with Gasteiger partial charge in [0.25, 0.3) is 5.56 Å². The smallest absolute Gasteiger partial charge is 0.282 e. The Balaban J connectivity index is 2.64. The van der Waals surface area contributed by atoms with E-state index in [0.29, 0.717) is 16.3 Å². The maximum absolute atomic E-state index is 12.1. The summed E-state index contributed by atoms with van der Waals surface area (Å²) in [6, 6.07) is 0.235. The van der Waals surface area contributed by atoms with Crippen molar-refractivity contribution in [2.75, 3.05) is 11.6 Å². The van der Waals surface area contributed by atoms with Crippen LogP contribution >= 0.6 is 23.1 Å². The molecule has 7 heteroatoms. The summed E-state index contributed by atoms with van der Waals surface area (Å²) < 4.78 is 2.37. The Bertz CT molecular complexity index is 602. The Hall–Kier alpha value is -1.08. The minimum atomic E-state index is -0.102. The van der Waals surface area contributed by atoms with Gasteiger partial charge in [-0.1, -0.05) is 23.1 Å². The molecule has 0 bridgehead atoms. The van der Waals surface area contributed by atoms with Gasteiger partial charge in [-0.2, -0.15) is 0 Å². The number of aromatic nitrogens is 3. The Morgan fingerprint density at radius 1 is 1.41 bits per heavy atom. The first-order valence-electron chi connectivity index (χ1n) is 5.21. The molecule has 0 saturated heterocycles. The molecule has 0 aliphatic rings. The van der Waals surface area contributed by atoms with Gasteiger partial charge in [-0.15, -0.1) is 0 Å². The fourth-order valence-electron chi connectivity index (χ4n) is 1.41. The van der Waals surface area contributed by atoms with Crippen molar-refractivity contribution in [1.82, 2.24) is 14.5 Å². The number of thioether (sulfide) groups is 1. The minimum Gasteiger partial charge on any atom is -0.353 e. The predicted molar refractivity (Wildman–Crippen MR) is 73.2 cm³/mol. The molecule has 0 aliphatic heterocycles. The summed E-state index contributed by atoms with van der Waals surface area (Å²) in [4.78, 5) is 21.5. The first kappa shape index (κ1) is 12.4. The van der Waals surface area contributed by atoms with Crippen LogP contribution < -0.4 is 10.9 Å². The Labute approximate surface area is 107 Å². The molecule has 0 radical (unpaired) electrons. The maximum Gasteiger partial charge on any atom is 0.282 e. The van der Waals surface area contributed by atoms with E-state index in [1.54, 1.807) is 7.05 Å². The van der Waals surface area contributed by atoms with Crippen LogP contribution in [0.1, 0.15) is 13.8 Å². The second kappa shape index (κ2) is 4.66. The monoisotopic (exact) mass is 270 g/mol. The zero-order valence-corrected chi connectivity index (χ0v) is 11.8. The van der Waals surface area contributed by atoms with Crippen molar-refractivity contribution in [3.05, 3.63) is 10.4 Å². The van der Waals surface area contributed by atoms with Gasteiger partial charge in [-0.05, 0) is 20.1 Å². The zero-order chi connectivity index (χ0) is 12.6. The standard InChI is InChI=1S/C10H14N4OS2/c1-5(2)11-9-13-7-6(8(15)14(9)3)12-10(16-4)17-7/h5H,1-4H3,(H,11,13). The summed E-state index contributed by atoms with van der Waals surface area (Å²) in [5.41, 5.74) is 0.353. The average molecular weight is 270 g/mol. The van der Waals surface area contributed by atoms with Crippen molar-refractivity contribution < 1.29 is 0 Å². The molecule has 0 aliphatic carbocycles. The summed E-state index contributed by atoms with van der Waals surface area (Å²) >= 11 is 2.98. The molecule has 17 heavy (non-hydrogen) atoms. The van der Waals surface area contributed by atoms with Crippen LogP contribution in [-0.2, 0) is 7.05 Å². The van der Waals surface area contributed by atoms with Gasteiger partial charge in [0, 0.05) is 13.1 Å². The van der Waals surface area contributed by atoms with Gasteiger partial charge in [-0.3, -0.25) is 9.36 Å². The first-order valence-corrected chi connectivity index (χ1v) is 7.25. The molecule has 0 fully saturated rings. The van der Waals surface area contributed by atoms with Crippen LogP contribution in [-0.4, -0.2) is 26.8 Å². The van der Waals surface area contributed by atoms with Crippen LogP contribution in [0, 0.1) is 0 Å². The highest BCUT2D eigenvalue weighted by Gasteiger charge is 2.13. The van der Waals surface area contributed by atoms with Gasteiger partial charge in [-0.25, -0.2) is 9.97 Å². The molecule has 92 valence electrons. The summed E-state index contributed by atoms with van der Waals surface area (Å²) in [7, 11) is 1.71.